The molecule has 0 aliphatic carbocycles. The monoisotopic (exact) mass is 329 g/mol. The Kier molecular flexibility index (Phi) is 5.32. The summed E-state index contributed by atoms with van der Waals surface area (Å²) in [5, 5.41) is 7.14. The fourth-order valence-corrected chi connectivity index (χ4v) is 2.58. The summed E-state index contributed by atoms with van der Waals surface area (Å²) in [6, 6.07) is 8.10. The molecule has 0 spiro atoms. The maximum atomic E-state index is 12.2. The molecule has 1 aromatic heterocycles. The van der Waals surface area contributed by atoms with E-state index in [9.17, 15) is 4.79 Å². The van der Waals surface area contributed by atoms with Gasteiger partial charge < -0.3 is 10.1 Å². The van der Waals surface area contributed by atoms with E-state index in [1.54, 1.807) is 4.68 Å². The number of benzene rings is 1. The predicted molar refractivity (Wildman–Crippen MR) is 95.7 cm³/mol. The molecule has 0 bridgehead atoms. The number of nitrogens with one attached hydrogen (secondary N) is 1. The lowest BCUT2D eigenvalue weighted by Crippen LogP contribution is -2.29. The number of rotatable bonds is 5. The van der Waals surface area contributed by atoms with Crippen LogP contribution < -0.4 is 10.1 Å². The minimum atomic E-state index is -0.107. The number of ether oxygens (including phenoxy) is 1. The van der Waals surface area contributed by atoms with Gasteiger partial charge in [-0.15, -0.1) is 0 Å². The highest BCUT2D eigenvalue weighted by Gasteiger charge is 2.16. The van der Waals surface area contributed by atoms with Crippen LogP contribution in [0.4, 0.5) is 0 Å². The van der Waals surface area contributed by atoms with Gasteiger partial charge in [-0.25, -0.2) is 0 Å². The highest BCUT2D eigenvalue weighted by Crippen LogP contribution is 2.24. The number of carbonyl (C=O) groups is 1. The molecule has 5 heteroatoms. The van der Waals surface area contributed by atoms with Gasteiger partial charge in [0, 0.05) is 12.7 Å². The molecule has 0 saturated carbocycles. The lowest BCUT2D eigenvalue weighted by atomic mass is 9.87. The summed E-state index contributed by atoms with van der Waals surface area (Å²) < 4.78 is 7.41. The van der Waals surface area contributed by atoms with Crippen LogP contribution in [0.2, 0.25) is 0 Å². The predicted octanol–water partition coefficient (Wildman–Crippen LogP) is 3.14. The van der Waals surface area contributed by atoms with E-state index < -0.39 is 0 Å². The van der Waals surface area contributed by atoms with Crippen molar-refractivity contribution < 1.29 is 9.53 Å². The molecule has 0 fully saturated rings. The summed E-state index contributed by atoms with van der Waals surface area (Å²) >= 11 is 0. The fraction of sp³-hybridized carbons (Fsp3) is 0.474. The van der Waals surface area contributed by atoms with Gasteiger partial charge in [-0.05, 0) is 37.0 Å². The molecule has 24 heavy (non-hydrogen) atoms. The van der Waals surface area contributed by atoms with E-state index in [4.69, 9.17) is 4.74 Å². The van der Waals surface area contributed by atoms with Crippen molar-refractivity contribution >= 4 is 5.91 Å². The number of hydrogen-bond acceptors (Lipinski definition) is 3. The SMILES string of the molecule is Cc1nn(C)c(C)c1C(=O)NCCOc1ccc(C(C)(C)C)cc1. The van der Waals surface area contributed by atoms with Crippen molar-refractivity contribution in [2.24, 2.45) is 7.05 Å². The largest absolute Gasteiger partial charge is 0.492 e. The van der Waals surface area contributed by atoms with Crippen molar-refractivity contribution in [3.05, 3.63) is 46.8 Å². The lowest BCUT2D eigenvalue weighted by molar-refractivity contribution is 0.0945. The zero-order chi connectivity index (χ0) is 17.9. The molecule has 1 heterocycles. The van der Waals surface area contributed by atoms with E-state index in [0.29, 0.717) is 18.7 Å². The molecule has 1 N–H and O–H groups in total. The summed E-state index contributed by atoms with van der Waals surface area (Å²) in [6.45, 7) is 11.2. The molecule has 2 aromatic rings. The van der Waals surface area contributed by atoms with Gasteiger partial charge in [0.05, 0.1) is 17.8 Å². The molecule has 2 rings (SSSR count). The smallest absolute Gasteiger partial charge is 0.255 e. The maximum Gasteiger partial charge on any atom is 0.255 e. The fourth-order valence-electron chi connectivity index (χ4n) is 2.58. The van der Waals surface area contributed by atoms with Crippen LogP contribution in [0.1, 0.15) is 48.1 Å². The molecule has 0 aliphatic rings. The Bertz CT molecular complexity index is 709. The normalized spacial score (nSPS) is 11.4. The van der Waals surface area contributed by atoms with Gasteiger partial charge >= 0.3 is 0 Å². The average Bonchev–Trinajstić information content (AvgIpc) is 2.76. The van der Waals surface area contributed by atoms with Gasteiger partial charge in [-0.3, -0.25) is 9.48 Å². The summed E-state index contributed by atoms with van der Waals surface area (Å²) in [5.41, 5.74) is 3.65. The average molecular weight is 329 g/mol. The summed E-state index contributed by atoms with van der Waals surface area (Å²) in [7, 11) is 1.84. The first-order chi connectivity index (χ1) is 11.2. The standard InChI is InChI=1S/C19H27N3O2/c1-13-17(14(2)22(6)21-13)18(23)20-11-12-24-16-9-7-15(8-10-16)19(3,4)5/h7-10H,11-12H2,1-6H3,(H,20,23). The van der Waals surface area contributed by atoms with Crippen LogP contribution in [0.5, 0.6) is 5.75 Å². The third-order valence-electron chi connectivity index (χ3n) is 4.11. The van der Waals surface area contributed by atoms with Crippen molar-refractivity contribution in [3.8, 4) is 5.75 Å². The van der Waals surface area contributed by atoms with Crippen LogP contribution in [0.25, 0.3) is 0 Å². The van der Waals surface area contributed by atoms with Crippen LogP contribution in [0.3, 0.4) is 0 Å². The van der Waals surface area contributed by atoms with Gasteiger partial charge in [0.1, 0.15) is 12.4 Å². The Balaban J connectivity index is 1.83. The van der Waals surface area contributed by atoms with E-state index in [0.717, 1.165) is 17.1 Å². The van der Waals surface area contributed by atoms with Crippen molar-refractivity contribution in [1.82, 2.24) is 15.1 Å². The molecule has 0 aliphatic heterocycles. The number of nitrogens with zero attached hydrogens (tertiary/aromatic N) is 2. The zero-order valence-electron chi connectivity index (χ0n) is 15.4. The molecule has 1 aromatic carbocycles. The second-order valence-electron chi connectivity index (χ2n) is 7.05. The highest BCUT2D eigenvalue weighted by atomic mass is 16.5. The molecule has 130 valence electrons. The van der Waals surface area contributed by atoms with Crippen molar-refractivity contribution in [2.45, 2.75) is 40.0 Å². The third-order valence-corrected chi connectivity index (χ3v) is 4.11. The molecular weight excluding hydrogens is 302 g/mol. The zero-order valence-corrected chi connectivity index (χ0v) is 15.4. The van der Waals surface area contributed by atoms with Crippen LogP contribution in [-0.2, 0) is 12.5 Å². The second-order valence-corrected chi connectivity index (χ2v) is 7.05. The van der Waals surface area contributed by atoms with Gasteiger partial charge in [0.2, 0.25) is 0 Å². The quantitative estimate of drug-likeness (QED) is 0.857. The molecule has 0 unspecified atom stereocenters. The molecular formula is C19H27N3O2. The van der Waals surface area contributed by atoms with Crippen LogP contribution in [-0.4, -0.2) is 28.8 Å². The van der Waals surface area contributed by atoms with Gasteiger partial charge in [0.15, 0.2) is 0 Å². The van der Waals surface area contributed by atoms with Crippen molar-refractivity contribution in [3.63, 3.8) is 0 Å². The Morgan fingerprint density at radius 3 is 2.33 bits per heavy atom. The van der Waals surface area contributed by atoms with Crippen LogP contribution in [0, 0.1) is 13.8 Å². The highest BCUT2D eigenvalue weighted by molar-refractivity contribution is 5.96. The number of aromatic nitrogens is 2. The molecule has 0 saturated heterocycles. The van der Waals surface area contributed by atoms with E-state index in [2.05, 4.69) is 43.3 Å². The molecule has 1 amide bonds. The first-order valence-corrected chi connectivity index (χ1v) is 8.22. The molecule has 0 radical (unpaired) electrons. The van der Waals surface area contributed by atoms with Crippen LogP contribution >= 0.6 is 0 Å². The number of amides is 1. The minimum absolute atomic E-state index is 0.107. The number of aryl methyl sites for hydroxylation is 2. The Morgan fingerprint density at radius 1 is 1.21 bits per heavy atom. The number of carbonyl (C=O) groups excluding carboxylic acids is 1. The van der Waals surface area contributed by atoms with E-state index >= 15 is 0 Å². The summed E-state index contributed by atoms with van der Waals surface area (Å²) in [5.74, 6) is 0.704. The summed E-state index contributed by atoms with van der Waals surface area (Å²) in [6.07, 6.45) is 0. The second kappa shape index (κ2) is 7.07. The van der Waals surface area contributed by atoms with Gasteiger partial charge in [0.25, 0.3) is 5.91 Å². The van der Waals surface area contributed by atoms with E-state index in [1.165, 1.54) is 5.56 Å². The van der Waals surface area contributed by atoms with E-state index in [-0.39, 0.29) is 11.3 Å². The molecule has 0 atom stereocenters. The van der Waals surface area contributed by atoms with Crippen molar-refractivity contribution in [2.75, 3.05) is 13.2 Å². The van der Waals surface area contributed by atoms with Crippen molar-refractivity contribution in [1.29, 1.82) is 0 Å². The Labute approximate surface area is 144 Å². The lowest BCUT2D eigenvalue weighted by Gasteiger charge is -2.19. The number of hydrogen-bond donors (Lipinski definition) is 1. The third kappa shape index (κ3) is 4.16. The van der Waals surface area contributed by atoms with Crippen LogP contribution in [0.15, 0.2) is 24.3 Å². The van der Waals surface area contributed by atoms with Gasteiger partial charge in [-0.1, -0.05) is 32.9 Å². The Morgan fingerprint density at radius 2 is 1.83 bits per heavy atom. The maximum absolute atomic E-state index is 12.2. The molecule has 5 nitrogen and oxygen atoms in total. The first kappa shape index (κ1) is 18.0. The first-order valence-electron chi connectivity index (χ1n) is 8.22. The minimum Gasteiger partial charge on any atom is -0.492 e. The Hall–Kier alpha value is -2.30. The van der Waals surface area contributed by atoms with Gasteiger partial charge in [-0.2, -0.15) is 5.10 Å². The van der Waals surface area contributed by atoms with E-state index in [1.807, 2.05) is 33.0 Å². The topological polar surface area (TPSA) is 56.2 Å². The summed E-state index contributed by atoms with van der Waals surface area (Å²) in [4.78, 5) is 12.2.